The van der Waals surface area contributed by atoms with Crippen molar-refractivity contribution < 1.29 is 0 Å². The fourth-order valence-electron chi connectivity index (χ4n) is 0.838. The van der Waals surface area contributed by atoms with Gasteiger partial charge in [-0.1, -0.05) is 0 Å². The van der Waals surface area contributed by atoms with Crippen LogP contribution in [-0.2, 0) is 0 Å². The predicted octanol–water partition coefficient (Wildman–Crippen LogP) is 1.72. The summed E-state index contributed by atoms with van der Waals surface area (Å²) in [4.78, 5) is 5.15. The van der Waals surface area contributed by atoms with E-state index in [1.165, 1.54) is 0 Å². The molecular formula is C8H11N3S2. The van der Waals surface area contributed by atoms with Crippen molar-refractivity contribution in [1.29, 1.82) is 0 Å². The van der Waals surface area contributed by atoms with E-state index in [1.807, 2.05) is 12.3 Å². The van der Waals surface area contributed by atoms with Crippen molar-refractivity contribution in [3.63, 3.8) is 0 Å². The normalized spacial score (nSPS) is 9.38. The smallest absolute Gasteiger partial charge is 0.170 e. The minimum atomic E-state index is 0.600. The van der Waals surface area contributed by atoms with E-state index in [1.54, 1.807) is 31.2 Å². The zero-order valence-electron chi connectivity index (χ0n) is 7.50. The van der Waals surface area contributed by atoms with Gasteiger partial charge >= 0.3 is 0 Å². The van der Waals surface area contributed by atoms with Gasteiger partial charge in [-0.15, -0.1) is 11.8 Å². The van der Waals surface area contributed by atoms with Gasteiger partial charge in [-0.05, 0) is 24.5 Å². The SMILES string of the molecule is CNC(=S)Nc1cnccc1SC. The number of hydrogen-bond donors (Lipinski definition) is 2. The number of rotatable bonds is 2. The molecule has 1 rings (SSSR count). The maximum absolute atomic E-state index is 4.99. The third-order valence-electron chi connectivity index (χ3n) is 1.48. The lowest BCUT2D eigenvalue weighted by molar-refractivity contribution is 1.18. The van der Waals surface area contributed by atoms with Crippen LogP contribution in [0.2, 0.25) is 0 Å². The lowest BCUT2D eigenvalue weighted by atomic mass is 10.4. The molecule has 5 heteroatoms. The second kappa shape index (κ2) is 5.04. The highest BCUT2D eigenvalue weighted by Crippen LogP contribution is 2.23. The van der Waals surface area contributed by atoms with Crippen molar-refractivity contribution in [1.82, 2.24) is 10.3 Å². The van der Waals surface area contributed by atoms with Crippen LogP contribution in [0.25, 0.3) is 0 Å². The van der Waals surface area contributed by atoms with Gasteiger partial charge < -0.3 is 10.6 Å². The van der Waals surface area contributed by atoms with Crippen LogP contribution in [0.4, 0.5) is 5.69 Å². The second-order valence-corrected chi connectivity index (χ2v) is 3.54. The van der Waals surface area contributed by atoms with Gasteiger partial charge in [0.1, 0.15) is 0 Å². The lowest BCUT2D eigenvalue weighted by Gasteiger charge is -2.09. The predicted molar refractivity (Wildman–Crippen MR) is 61.3 cm³/mol. The van der Waals surface area contributed by atoms with Crippen molar-refractivity contribution in [3.05, 3.63) is 18.5 Å². The quantitative estimate of drug-likeness (QED) is 0.578. The maximum Gasteiger partial charge on any atom is 0.170 e. The number of nitrogens with one attached hydrogen (secondary N) is 2. The fourth-order valence-corrected chi connectivity index (χ4v) is 1.47. The summed E-state index contributed by atoms with van der Waals surface area (Å²) >= 11 is 6.64. The number of hydrogen-bond acceptors (Lipinski definition) is 3. The molecule has 0 saturated carbocycles. The summed E-state index contributed by atoms with van der Waals surface area (Å²) in [6, 6.07) is 1.95. The minimum Gasteiger partial charge on any atom is -0.366 e. The van der Waals surface area contributed by atoms with Crippen LogP contribution in [0, 0.1) is 0 Å². The molecule has 0 saturated heterocycles. The van der Waals surface area contributed by atoms with Crippen LogP contribution in [0.5, 0.6) is 0 Å². The van der Waals surface area contributed by atoms with E-state index in [0.717, 1.165) is 10.6 Å². The van der Waals surface area contributed by atoms with Crippen LogP contribution in [-0.4, -0.2) is 23.4 Å². The molecule has 0 spiro atoms. The molecule has 2 N–H and O–H groups in total. The molecule has 0 amide bonds. The van der Waals surface area contributed by atoms with Crippen molar-refractivity contribution >= 4 is 34.8 Å². The summed E-state index contributed by atoms with van der Waals surface area (Å²) in [5.74, 6) is 0. The highest BCUT2D eigenvalue weighted by molar-refractivity contribution is 7.98. The third kappa shape index (κ3) is 2.86. The van der Waals surface area contributed by atoms with Gasteiger partial charge in [0.25, 0.3) is 0 Å². The average molecular weight is 213 g/mol. The van der Waals surface area contributed by atoms with Crippen molar-refractivity contribution in [2.24, 2.45) is 0 Å². The Morgan fingerprint density at radius 3 is 3.00 bits per heavy atom. The summed E-state index contributed by atoms with van der Waals surface area (Å²) in [5.41, 5.74) is 0.939. The zero-order valence-corrected chi connectivity index (χ0v) is 9.13. The average Bonchev–Trinajstić information content (AvgIpc) is 2.18. The molecule has 0 aliphatic rings. The van der Waals surface area contributed by atoms with Gasteiger partial charge in [-0.2, -0.15) is 0 Å². The van der Waals surface area contributed by atoms with Crippen molar-refractivity contribution in [2.45, 2.75) is 4.90 Å². The highest BCUT2D eigenvalue weighted by Gasteiger charge is 2.01. The van der Waals surface area contributed by atoms with Gasteiger partial charge in [0.05, 0.1) is 11.9 Å². The molecular weight excluding hydrogens is 202 g/mol. The van der Waals surface area contributed by atoms with E-state index < -0.39 is 0 Å². The molecule has 0 aromatic carbocycles. The Morgan fingerprint density at radius 1 is 1.62 bits per heavy atom. The summed E-state index contributed by atoms with van der Waals surface area (Å²) in [5, 5.41) is 6.50. The summed E-state index contributed by atoms with van der Waals surface area (Å²) in [6.45, 7) is 0. The second-order valence-electron chi connectivity index (χ2n) is 2.28. The van der Waals surface area contributed by atoms with E-state index in [0.29, 0.717) is 5.11 Å². The molecule has 0 radical (unpaired) electrons. The minimum absolute atomic E-state index is 0.600. The van der Waals surface area contributed by atoms with E-state index in [4.69, 9.17) is 12.2 Å². The molecule has 0 aliphatic carbocycles. The highest BCUT2D eigenvalue weighted by atomic mass is 32.2. The first kappa shape index (κ1) is 10.3. The Balaban J connectivity index is 2.81. The van der Waals surface area contributed by atoms with E-state index in [-0.39, 0.29) is 0 Å². The number of nitrogens with zero attached hydrogens (tertiary/aromatic N) is 1. The Kier molecular flexibility index (Phi) is 3.98. The first-order valence-electron chi connectivity index (χ1n) is 3.74. The summed E-state index contributed by atoms with van der Waals surface area (Å²) < 4.78 is 0. The van der Waals surface area contributed by atoms with Crippen LogP contribution < -0.4 is 10.6 Å². The van der Waals surface area contributed by atoms with E-state index in [9.17, 15) is 0 Å². The van der Waals surface area contributed by atoms with E-state index >= 15 is 0 Å². The maximum atomic E-state index is 4.99. The topological polar surface area (TPSA) is 37.0 Å². The molecule has 3 nitrogen and oxygen atoms in total. The molecule has 0 bridgehead atoms. The first-order valence-corrected chi connectivity index (χ1v) is 5.38. The Bertz CT molecular complexity index is 301. The van der Waals surface area contributed by atoms with Crippen molar-refractivity contribution in [3.8, 4) is 0 Å². The van der Waals surface area contributed by atoms with Crippen LogP contribution in [0.1, 0.15) is 0 Å². The number of pyridine rings is 1. The van der Waals surface area contributed by atoms with Crippen molar-refractivity contribution in [2.75, 3.05) is 18.6 Å². The molecule has 1 aromatic rings. The number of thiocarbonyl (C=S) groups is 1. The summed E-state index contributed by atoms with van der Waals surface area (Å²) in [6.07, 6.45) is 5.54. The fraction of sp³-hybridized carbons (Fsp3) is 0.250. The van der Waals surface area contributed by atoms with Crippen LogP contribution in [0.15, 0.2) is 23.4 Å². The van der Waals surface area contributed by atoms with Gasteiger partial charge in [0.15, 0.2) is 5.11 Å². The number of aromatic nitrogens is 1. The largest absolute Gasteiger partial charge is 0.366 e. The van der Waals surface area contributed by atoms with Crippen LogP contribution in [0.3, 0.4) is 0 Å². The monoisotopic (exact) mass is 213 g/mol. The number of thioether (sulfide) groups is 1. The Hall–Kier alpha value is -0.810. The molecule has 13 heavy (non-hydrogen) atoms. The molecule has 70 valence electrons. The molecule has 1 aromatic heterocycles. The van der Waals surface area contributed by atoms with Gasteiger partial charge in [-0.25, -0.2) is 0 Å². The van der Waals surface area contributed by atoms with Crippen LogP contribution >= 0.6 is 24.0 Å². The first-order chi connectivity index (χ1) is 6.27. The van der Waals surface area contributed by atoms with Gasteiger partial charge in [0.2, 0.25) is 0 Å². The number of anilines is 1. The Morgan fingerprint density at radius 2 is 2.38 bits per heavy atom. The zero-order chi connectivity index (χ0) is 9.68. The molecule has 0 atom stereocenters. The van der Waals surface area contributed by atoms with Gasteiger partial charge in [0, 0.05) is 18.1 Å². The standard InChI is InChI=1S/C8H11N3S2/c1-9-8(12)11-6-5-10-4-3-7(6)13-2/h3-5H,1-2H3,(H2,9,11,12). The Labute approximate surface area is 87.3 Å². The molecule has 0 aliphatic heterocycles. The lowest BCUT2D eigenvalue weighted by Crippen LogP contribution is -2.24. The van der Waals surface area contributed by atoms with E-state index in [2.05, 4.69) is 15.6 Å². The third-order valence-corrected chi connectivity index (χ3v) is 2.58. The van der Waals surface area contributed by atoms with Gasteiger partial charge in [-0.3, -0.25) is 4.98 Å². The molecule has 0 fully saturated rings. The molecule has 0 unspecified atom stereocenters. The molecule has 1 heterocycles. The summed E-state index contributed by atoms with van der Waals surface area (Å²) in [7, 11) is 1.78.